The van der Waals surface area contributed by atoms with Crippen molar-refractivity contribution < 1.29 is 0 Å². The van der Waals surface area contributed by atoms with Gasteiger partial charge < -0.3 is 5.73 Å². The molecule has 1 aliphatic rings. The van der Waals surface area contributed by atoms with E-state index in [1.165, 1.54) is 25.7 Å². The molecule has 1 aromatic rings. The van der Waals surface area contributed by atoms with E-state index >= 15 is 0 Å². The summed E-state index contributed by atoms with van der Waals surface area (Å²) >= 11 is 0. The molecule has 3 N–H and O–H groups in total. The zero-order valence-electron chi connectivity index (χ0n) is 12.4. The van der Waals surface area contributed by atoms with Crippen LogP contribution in [0.15, 0.2) is 0 Å². The molecule has 1 saturated carbocycles. The van der Waals surface area contributed by atoms with Crippen molar-refractivity contribution in [3.05, 3.63) is 5.82 Å². The summed E-state index contributed by atoms with van der Waals surface area (Å²) in [6.07, 6.45) is 6.38. The Morgan fingerprint density at radius 3 is 2.74 bits per heavy atom. The van der Waals surface area contributed by atoms with E-state index in [-0.39, 0.29) is 5.41 Å². The molecule has 5 nitrogen and oxygen atoms in total. The highest BCUT2D eigenvalue weighted by atomic mass is 15.5. The zero-order valence-corrected chi connectivity index (χ0v) is 12.4. The number of nitrogens with one attached hydrogen (secondary N) is 1. The molecular weight excluding hydrogens is 238 g/mol. The molecule has 5 heteroatoms. The van der Waals surface area contributed by atoms with Crippen LogP contribution in [-0.2, 0) is 5.41 Å². The third kappa shape index (κ3) is 3.32. The van der Waals surface area contributed by atoms with E-state index in [0.29, 0.717) is 12.5 Å². The molecule has 0 radical (unpaired) electrons. The van der Waals surface area contributed by atoms with Gasteiger partial charge in [-0.05, 0) is 41.0 Å². The van der Waals surface area contributed by atoms with Crippen molar-refractivity contribution in [1.29, 1.82) is 0 Å². The molecule has 0 saturated heterocycles. The Bertz CT molecular complexity index is 375. The SMILES string of the molecule is CC(C)CCCC(C)CC1CC1(CN)c1nnn[nH]1. The van der Waals surface area contributed by atoms with Crippen molar-refractivity contribution in [1.82, 2.24) is 20.6 Å². The second kappa shape index (κ2) is 5.99. The average Bonchev–Trinajstić information content (AvgIpc) is 2.82. The van der Waals surface area contributed by atoms with E-state index in [0.717, 1.165) is 24.1 Å². The van der Waals surface area contributed by atoms with E-state index in [9.17, 15) is 0 Å². The Kier molecular flexibility index (Phi) is 4.55. The summed E-state index contributed by atoms with van der Waals surface area (Å²) in [4.78, 5) is 0. The molecule has 3 atom stereocenters. The fraction of sp³-hybridized carbons (Fsp3) is 0.929. The summed E-state index contributed by atoms with van der Waals surface area (Å²) in [5.41, 5.74) is 5.99. The molecule has 1 aromatic heterocycles. The van der Waals surface area contributed by atoms with Gasteiger partial charge in [0.1, 0.15) is 0 Å². The Morgan fingerprint density at radius 2 is 2.16 bits per heavy atom. The summed E-state index contributed by atoms with van der Waals surface area (Å²) in [6, 6.07) is 0. The predicted octanol–water partition coefficient (Wildman–Crippen LogP) is 2.27. The zero-order chi connectivity index (χ0) is 13.9. The quantitative estimate of drug-likeness (QED) is 0.755. The van der Waals surface area contributed by atoms with Gasteiger partial charge in [-0.25, -0.2) is 5.10 Å². The third-order valence-electron chi connectivity index (χ3n) is 4.58. The lowest BCUT2D eigenvalue weighted by Crippen LogP contribution is -2.24. The van der Waals surface area contributed by atoms with Crippen LogP contribution in [0.2, 0.25) is 0 Å². The third-order valence-corrected chi connectivity index (χ3v) is 4.58. The molecule has 1 fully saturated rings. The van der Waals surface area contributed by atoms with Crippen molar-refractivity contribution in [2.45, 2.75) is 58.3 Å². The molecule has 0 aliphatic heterocycles. The first-order chi connectivity index (χ1) is 9.08. The molecule has 2 rings (SSSR count). The van der Waals surface area contributed by atoms with Crippen molar-refractivity contribution in [2.75, 3.05) is 6.54 Å². The van der Waals surface area contributed by atoms with Gasteiger partial charge in [-0.1, -0.05) is 40.0 Å². The van der Waals surface area contributed by atoms with Crippen LogP contribution in [0, 0.1) is 17.8 Å². The molecule has 108 valence electrons. The van der Waals surface area contributed by atoms with Gasteiger partial charge >= 0.3 is 0 Å². The highest BCUT2D eigenvalue weighted by molar-refractivity contribution is 5.21. The van der Waals surface area contributed by atoms with Crippen LogP contribution in [-0.4, -0.2) is 27.2 Å². The van der Waals surface area contributed by atoms with Crippen LogP contribution in [0.25, 0.3) is 0 Å². The summed E-state index contributed by atoms with van der Waals surface area (Å²) in [5, 5.41) is 14.3. The van der Waals surface area contributed by atoms with Gasteiger partial charge in [0.05, 0.1) is 0 Å². The normalized spacial score (nSPS) is 27.7. The van der Waals surface area contributed by atoms with E-state index in [1.54, 1.807) is 0 Å². The van der Waals surface area contributed by atoms with E-state index < -0.39 is 0 Å². The number of aromatic amines is 1. The van der Waals surface area contributed by atoms with Gasteiger partial charge in [0.2, 0.25) is 0 Å². The Hall–Kier alpha value is -0.970. The first kappa shape index (κ1) is 14.4. The van der Waals surface area contributed by atoms with Gasteiger partial charge in [0.25, 0.3) is 0 Å². The second-order valence-corrected chi connectivity index (χ2v) is 6.68. The fourth-order valence-corrected chi connectivity index (χ4v) is 3.17. The number of tetrazole rings is 1. The first-order valence-corrected chi connectivity index (χ1v) is 7.52. The molecule has 3 unspecified atom stereocenters. The van der Waals surface area contributed by atoms with E-state index in [1.807, 2.05) is 0 Å². The average molecular weight is 265 g/mol. The molecule has 19 heavy (non-hydrogen) atoms. The lowest BCUT2D eigenvalue weighted by Gasteiger charge is -2.15. The van der Waals surface area contributed by atoms with Gasteiger partial charge in [-0.15, -0.1) is 5.10 Å². The molecule has 1 heterocycles. The van der Waals surface area contributed by atoms with Crippen molar-refractivity contribution >= 4 is 0 Å². The number of H-pyrrole nitrogens is 1. The molecule has 1 aliphatic carbocycles. The minimum atomic E-state index is 0.0375. The minimum Gasteiger partial charge on any atom is -0.329 e. The first-order valence-electron chi connectivity index (χ1n) is 7.52. The maximum absolute atomic E-state index is 5.95. The van der Waals surface area contributed by atoms with Crippen LogP contribution >= 0.6 is 0 Å². The lowest BCUT2D eigenvalue weighted by molar-refractivity contribution is 0.399. The summed E-state index contributed by atoms with van der Waals surface area (Å²) in [7, 11) is 0. The molecule has 0 amide bonds. The van der Waals surface area contributed by atoms with E-state index in [4.69, 9.17) is 5.73 Å². The van der Waals surface area contributed by atoms with Gasteiger partial charge in [0.15, 0.2) is 5.82 Å². The lowest BCUT2D eigenvalue weighted by atomic mass is 9.92. The van der Waals surface area contributed by atoms with Crippen molar-refractivity contribution in [3.63, 3.8) is 0 Å². The Labute approximate surface area is 115 Å². The second-order valence-electron chi connectivity index (χ2n) is 6.68. The Morgan fingerprint density at radius 1 is 1.37 bits per heavy atom. The monoisotopic (exact) mass is 265 g/mol. The van der Waals surface area contributed by atoms with Crippen LogP contribution in [0.4, 0.5) is 0 Å². The summed E-state index contributed by atoms with van der Waals surface area (Å²) in [6.45, 7) is 7.59. The number of nitrogens with zero attached hydrogens (tertiary/aromatic N) is 3. The largest absolute Gasteiger partial charge is 0.329 e. The number of hydrogen-bond donors (Lipinski definition) is 2. The highest BCUT2D eigenvalue weighted by Crippen LogP contribution is 2.55. The standard InChI is InChI=1S/C14H27N5/c1-10(2)5-4-6-11(3)7-12-8-14(12,9-15)13-16-18-19-17-13/h10-12H,4-9,15H2,1-3H3,(H,16,17,18,19). The molecule has 0 aromatic carbocycles. The molecule has 0 bridgehead atoms. The van der Waals surface area contributed by atoms with Gasteiger partial charge in [0, 0.05) is 12.0 Å². The van der Waals surface area contributed by atoms with Crippen molar-refractivity contribution in [3.8, 4) is 0 Å². The van der Waals surface area contributed by atoms with Crippen LogP contribution in [0.5, 0.6) is 0 Å². The number of nitrogens with two attached hydrogens (primary N) is 1. The maximum atomic E-state index is 5.95. The molecular formula is C14H27N5. The number of rotatable bonds is 8. The van der Waals surface area contributed by atoms with Crippen molar-refractivity contribution in [2.24, 2.45) is 23.5 Å². The minimum absolute atomic E-state index is 0.0375. The smallest absolute Gasteiger partial charge is 0.156 e. The number of aromatic nitrogens is 4. The van der Waals surface area contributed by atoms with Crippen LogP contribution in [0.1, 0.15) is 58.7 Å². The summed E-state index contributed by atoms with van der Waals surface area (Å²) in [5.74, 6) is 3.13. The van der Waals surface area contributed by atoms with Gasteiger partial charge in [-0.2, -0.15) is 0 Å². The van der Waals surface area contributed by atoms with E-state index in [2.05, 4.69) is 41.4 Å². The topological polar surface area (TPSA) is 80.5 Å². The van der Waals surface area contributed by atoms with Gasteiger partial charge in [-0.3, -0.25) is 0 Å². The van der Waals surface area contributed by atoms with Crippen LogP contribution < -0.4 is 5.73 Å². The molecule has 0 spiro atoms. The summed E-state index contributed by atoms with van der Waals surface area (Å²) < 4.78 is 0. The maximum Gasteiger partial charge on any atom is 0.156 e. The predicted molar refractivity (Wildman–Crippen MR) is 75.5 cm³/mol. The Balaban J connectivity index is 1.78. The highest BCUT2D eigenvalue weighted by Gasteiger charge is 2.56. The number of hydrogen-bond acceptors (Lipinski definition) is 4. The van der Waals surface area contributed by atoms with Crippen LogP contribution in [0.3, 0.4) is 0 Å². The fourth-order valence-electron chi connectivity index (χ4n) is 3.17.